The van der Waals surface area contributed by atoms with Crippen LogP contribution in [0.1, 0.15) is 17.4 Å². The van der Waals surface area contributed by atoms with E-state index in [1.54, 1.807) is 11.3 Å². The van der Waals surface area contributed by atoms with Crippen molar-refractivity contribution in [2.75, 3.05) is 6.54 Å². The number of benzene rings is 1. The first-order valence-corrected chi connectivity index (χ1v) is 8.15. The molecule has 1 atom stereocenters. The Morgan fingerprint density at radius 3 is 2.40 bits per heavy atom. The van der Waals surface area contributed by atoms with Crippen molar-refractivity contribution in [2.45, 2.75) is 25.8 Å². The van der Waals surface area contributed by atoms with Gasteiger partial charge in [0.1, 0.15) is 11.6 Å². The first-order valence-electron chi connectivity index (χ1n) is 6.48. The molecule has 0 spiro atoms. The summed E-state index contributed by atoms with van der Waals surface area (Å²) < 4.78 is 27.5. The van der Waals surface area contributed by atoms with Crippen LogP contribution in [0.2, 0.25) is 0 Å². The van der Waals surface area contributed by atoms with Gasteiger partial charge in [0.15, 0.2) is 0 Å². The molecule has 1 aromatic carbocycles. The zero-order chi connectivity index (χ0) is 14.5. The summed E-state index contributed by atoms with van der Waals surface area (Å²) in [6.07, 6.45) is 1.46. The van der Waals surface area contributed by atoms with Crippen LogP contribution in [0.15, 0.2) is 34.1 Å². The SMILES string of the molecule is CCNC(Cc1cc(F)cc(F)c1)Cc1cc(Br)cs1. The van der Waals surface area contributed by atoms with E-state index in [4.69, 9.17) is 0 Å². The van der Waals surface area contributed by atoms with E-state index in [2.05, 4.69) is 27.3 Å². The molecule has 0 radical (unpaired) electrons. The quantitative estimate of drug-likeness (QED) is 0.797. The third kappa shape index (κ3) is 4.65. The van der Waals surface area contributed by atoms with E-state index in [0.29, 0.717) is 12.0 Å². The van der Waals surface area contributed by atoms with Crippen molar-refractivity contribution in [3.8, 4) is 0 Å². The molecule has 2 rings (SSSR count). The Labute approximate surface area is 130 Å². The molecule has 0 aliphatic heterocycles. The topological polar surface area (TPSA) is 12.0 Å². The number of likely N-dealkylation sites (N-methyl/N-ethyl adjacent to an activating group) is 1. The van der Waals surface area contributed by atoms with E-state index in [9.17, 15) is 8.78 Å². The maximum atomic E-state index is 13.2. The second-order valence-corrected chi connectivity index (χ2v) is 6.58. The van der Waals surface area contributed by atoms with Gasteiger partial charge >= 0.3 is 0 Å². The minimum atomic E-state index is -0.519. The summed E-state index contributed by atoms with van der Waals surface area (Å²) in [6, 6.07) is 5.96. The number of halogens is 3. The summed E-state index contributed by atoms with van der Waals surface area (Å²) in [5.74, 6) is -1.04. The fourth-order valence-electron chi connectivity index (χ4n) is 2.22. The Hall–Kier alpha value is -0.780. The zero-order valence-electron chi connectivity index (χ0n) is 11.1. The lowest BCUT2D eigenvalue weighted by Crippen LogP contribution is -2.32. The third-order valence-corrected chi connectivity index (χ3v) is 4.69. The standard InChI is InChI=1S/C15H16BrF2NS/c1-2-19-14(8-15-6-11(16)9-20-15)5-10-3-12(17)7-13(18)4-10/h3-4,6-7,9,14,19H,2,5,8H2,1H3. The van der Waals surface area contributed by atoms with Crippen molar-refractivity contribution >= 4 is 27.3 Å². The maximum absolute atomic E-state index is 13.2. The minimum absolute atomic E-state index is 0.173. The van der Waals surface area contributed by atoms with Crippen LogP contribution in [0.25, 0.3) is 0 Å². The number of rotatable bonds is 6. The van der Waals surface area contributed by atoms with Gasteiger partial charge in [0.2, 0.25) is 0 Å². The number of thiophene rings is 1. The Balaban J connectivity index is 2.08. The average molecular weight is 360 g/mol. The van der Waals surface area contributed by atoms with Crippen LogP contribution in [0.4, 0.5) is 8.78 Å². The minimum Gasteiger partial charge on any atom is -0.314 e. The van der Waals surface area contributed by atoms with Crippen molar-refractivity contribution < 1.29 is 8.78 Å². The molecule has 0 saturated heterocycles. The van der Waals surface area contributed by atoms with Crippen LogP contribution in [0.5, 0.6) is 0 Å². The summed E-state index contributed by atoms with van der Waals surface area (Å²) in [6.45, 7) is 2.86. The summed E-state index contributed by atoms with van der Waals surface area (Å²) in [5, 5.41) is 5.42. The summed E-state index contributed by atoms with van der Waals surface area (Å²) in [4.78, 5) is 1.25. The van der Waals surface area contributed by atoms with Gasteiger partial charge in [0, 0.05) is 26.8 Å². The van der Waals surface area contributed by atoms with Gasteiger partial charge in [-0.2, -0.15) is 0 Å². The smallest absolute Gasteiger partial charge is 0.126 e. The molecule has 0 aliphatic carbocycles. The van der Waals surface area contributed by atoms with Crippen LogP contribution < -0.4 is 5.32 Å². The molecule has 0 amide bonds. The van der Waals surface area contributed by atoms with Crippen molar-refractivity contribution in [3.05, 3.63) is 56.2 Å². The van der Waals surface area contributed by atoms with E-state index in [1.165, 1.54) is 17.0 Å². The molecule has 0 bridgehead atoms. The Bertz CT molecular complexity index is 551. The molecule has 1 N–H and O–H groups in total. The fourth-order valence-corrected chi connectivity index (χ4v) is 3.75. The molecule has 1 aromatic heterocycles. The number of hydrogen-bond acceptors (Lipinski definition) is 2. The molecule has 5 heteroatoms. The first kappa shape index (κ1) is 15.6. The van der Waals surface area contributed by atoms with Gasteiger partial charge in [-0.15, -0.1) is 11.3 Å². The molecular weight excluding hydrogens is 344 g/mol. The molecule has 1 heterocycles. The van der Waals surface area contributed by atoms with Gasteiger partial charge in [-0.3, -0.25) is 0 Å². The van der Waals surface area contributed by atoms with Crippen molar-refractivity contribution in [3.63, 3.8) is 0 Å². The average Bonchev–Trinajstić information content (AvgIpc) is 2.73. The van der Waals surface area contributed by atoms with Crippen LogP contribution in [0.3, 0.4) is 0 Å². The molecule has 0 aliphatic rings. The highest BCUT2D eigenvalue weighted by Gasteiger charge is 2.12. The summed E-state index contributed by atoms with van der Waals surface area (Å²) in [5.41, 5.74) is 0.684. The molecule has 2 aromatic rings. The number of hydrogen-bond donors (Lipinski definition) is 1. The van der Waals surface area contributed by atoms with Crippen LogP contribution in [0, 0.1) is 11.6 Å². The molecule has 1 unspecified atom stereocenters. The highest BCUT2D eigenvalue weighted by Crippen LogP contribution is 2.22. The lowest BCUT2D eigenvalue weighted by Gasteiger charge is -2.17. The first-order chi connectivity index (χ1) is 9.56. The Morgan fingerprint density at radius 2 is 1.85 bits per heavy atom. The third-order valence-electron chi connectivity index (χ3n) is 2.97. The normalized spacial score (nSPS) is 12.6. The lowest BCUT2D eigenvalue weighted by molar-refractivity contribution is 0.518. The molecular formula is C15H16BrF2NS. The van der Waals surface area contributed by atoms with Gasteiger partial charge in [0.05, 0.1) is 0 Å². The Morgan fingerprint density at radius 1 is 1.15 bits per heavy atom. The predicted octanol–water partition coefficient (Wildman–Crippen LogP) is 4.55. The molecule has 1 nitrogen and oxygen atoms in total. The largest absolute Gasteiger partial charge is 0.314 e. The van der Waals surface area contributed by atoms with Crippen molar-refractivity contribution in [2.24, 2.45) is 0 Å². The van der Waals surface area contributed by atoms with Gasteiger partial charge in [-0.05, 0) is 59.1 Å². The van der Waals surface area contributed by atoms with Gasteiger partial charge in [0.25, 0.3) is 0 Å². The van der Waals surface area contributed by atoms with E-state index in [-0.39, 0.29) is 6.04 Å². The van der Waals surface area contributed by atoms with Gasteiger partial charge < -0.3 is 5.32 Å². The van der Waals surface area contributed by atoms with Crippen LogP contribution in [-0.4, -0.2) is 12.6 Å². The predicted molar refractivity (Wildman–Crippen MR) is 83.2 cm³/mol. The van der Waals surface area contributed by atoms with Gasteiger partial charge in [-0.1, -0.05) is 6.92 Å². The Kier molecular flexibility index (Phi) is 5.69. The molecule has 108 valence electrons. The highest BCUT2D eigenvalue weighted by molar-refractivity contribution is 9.10. The van der Waals surface area contributed by atoms with Crippen molar-refractivity contribution in [1.29, 1.82) is 0 Å². The summed E-state index contributed by atoms with van der Waals surface area (Å²) >= 11 is 5.12. The highest BCUT2D eigenvalue weighted by atomic mass is 79.9. The molecule has 0 saturated carbocycles. The maximum Gasteiger partial charge on any atom is 0.126 e. The number of nitrogens with one attached hydrogen (secondary N) is 1. The fraction of sp³-hybridized carbons (Fsp3) is 0.333. The zero-order valence-corrected chi connectivity index (χ0v) is 13.5. The van der Waals surface area contributed by atoms with E-state index in [1.807, 2.05) is 12.3 Å². The van der Waals surface area contributed by atoms with Gasteiger partial charge in [-0.25, -0.2) is 8.78 Å². The molecule has 20 heavy (non-hydrogen) atoms. The second kappa shape index (κ2) is 7.29. The van der Waals surface area contributed by atoms with Crippen molar-refractivity contribution in [1.82, 2.24) is 5.32 Å². The van der Waals surface area contributed by atoms with E-state index in [0.717, 1.165) is 23.5 Å². The van der Waals surface area contributed by atoms with Crippen LogP contribution in [-0.2, 0) is 12.8 Å². The summed E-state index contributed by atoms with van der Waals surface area (Å²) in [7, 11) is 0. The van der Waals surface area contributed by atoms with Crippen LogP contribution >= 0.6 is 27.3 Å². The van der Waals surface area contributed by atoms with E-state index >= 15 is 0 Å². The molecule has 0 fully saturated rings. The van der Waals surface area contributed by atoms with E-state index < -0.39 is 11.6 Å². The lowest BCUT2D eigenvalue weighted by atomic mass is 10.0. The second-order valence-electron chi connectivity index (χ2n) is 4.67. The monoisotopic (exact) mass is 359 g/mol.